The molecule has 1 atom stereocenters. The van der Waals surface area contributed by atoms with E-state index in [-0.39, 0.29) is 17.1 Å². The fraction of sp³-hybridized carbons (Fsp3) is 0.267. The third kappa shape index (κ3) is 2.61. The van der Waals surface area contributed by atoms with Crippen LogP contribution in [0.25, 0.3) is 0 Å². The second-order valence-corrected chi connectivity index (χ2v) is 5.46. The number of urea groups is 1. The van der Waals surface area contributed by atoms with Crippen molar-refractivity contribution in [3.8, 4) is 0 Å². The first-order valence-electron chi connectivity index (χ1n) is 6.74. The van der Waals surface area contributed by atoms with Gasteiger partial charge in [-0.3, -0.25) is 0 Å². The smallest absolute Gasteiger partial charge is 0.322 e. The van der Waals surface area contributed by atoms with Crippen molar-refractivity contribution < 1.29 is 9.18 Å². The molecule has 2 heterocycles. The normalized spacial score (nSPS) is 17.5. The highest BCUT2D eigenvalue weighted by atomic mass is 35.5. The third-order valence-corrected chi connectivity index (χ3v) is 4.06. The molecule has 1 unspecified atom stereocenters. The number of hydrogen-bond acceptors (Lipinski definition) is 1. The molecule has 0 saturated heterocycles. The number of anilines is 1. The van der Waals surface area contributed by atoms with E-state index >= 15 is 0 Å². The molecule has 2 amide bonds. The Hall–Kier alpha value is -2.01. The third-order valence-electron chi connectivity index (χ3n) is 3.77. The molecular formula is C15H15ClFN3O. The lowest BCUT2D eigenvalue weighted by Crippen LogP contribution is -2.43. The van der Waals surface area contributed by atoms with Crippen LogP contribution in [0.3, 0.4) is 0 Å². The Morgan fingerprint density at radius 2 is 2.19 bits per heavy atom. The van der Waals surface area contributed by atoms with Gasteiger partial charge < -0.3 is 14.8 Å². The van der Waals surface area contributed by atoms with Crippen LogP contribution in [0.15, 0.2) is 36.5 Å². The summed E-state index contributed by atoms with van der Waals surface area (Å²) < 4.78 is 15.3. The predicted molar refractivity (Wildman–Crippen MR) is 80.0 cm³/mol. The van der Waals surface area contributed by atoms with E-state index in [4.69, 9.17) is 11.6 Å². The van der Waals surface area contributed by atoms with E-state index in [0.29, 0.717) is 12.2 Å². The Balaban J connectivity index is 1.75. The van der Waals surface area contributed by atoms with Crippen LogP contribution in [0.1, 0.15) is 18.7 Å². The number of halogens is 2. The van der Waals surface area contributed by atoms with Crippen LogP contribution in [-0.2, 0) is 6.54 Å². The molecule has 2 aromatic rings. The van der Waals surface area contributed by atoms with Crippen LogP contribution in [-0.4, -0.2) is 22.0 Å². The quantitative estimate of drug-likeness (QED) is 0.852. The van der Waals surface area contributed by atoms with Crippen LogP contribution in [0.2, 0.25) is 5.02 Å². The van der Waals surface area contributed by atoms with Crippen molar-refractivity contribution in [3.05, 3.63) is 53.1 Å². The first kappa shape index (κ1) is 13.9. The van der Waals surface area contributed by atoms with Gasteiger partial charge in [0.1, 0.15) is 5.82 Å². The number of rotatable bonds is 1. The molecule has 0 radical (unpaired) electrons. The van der Waals surface area contributed by atoms with Gasteiger partial charge in [-0.2, -0.15) is 0 Å². The lowest BCUT2D eigenvalue weighted by molar-refractivity contribution is 0.175. The number of nitrogens with zero attached hydrogens (tertiary/aromatic N) is 2. The second-order valence-electron chi connectivity index (χ2n) is 5.05. The van der Waals surface area contributed by atoms with E-state index in [9.17, 15) is 9.18 Å². The highest BCUT2D eigenvalue weighted by Gasteiger charge is 2.27. The Morgan fingerprint density at radius 1 is 1.38 bits per heavy atom. The zero-order valence-electron chi connectivity index (χ0n) is 11.5. The van der Waals surface area contributed by atoms with Crippen molar-refractivity contribution >= 4 is 23.3 Å². The van der Waals surface area contributed by atoms with Gasteiger partial charge in [-0.25, -0.2) is 9.18 Å². The molecule has 4 nitrogen and oxygen atoms in total. The van der Waals surface area contributed by atoms with Crippen molar-refractivity contribution in [2.45, 2.75) is 19.5 Å². The van der Waals surface area contributed by atoms with Crippen LogP contribution in [0, 0.1) is 5.82 Å². The predicted octanol–water partition coefficient (Wildman–Crippen LogP) is 3.89. The summed E-state index contributed by atoms with van der Waals surface area (Å²) in [7, 11) is 0. The molecule has 3 rings (SSSR count). The molecule has 1 aliphatic rings. The van der Waals surface area contributed by atoms with Gasteiger partial charge in [0.25, 0.3) is 0 Å². The fourth-order valence-corrected chi connectivity index (χ4v) is 2.81. The molecule has 1 N–H and O–H groups in total. The molecule has 110 valence electrons. The average molecular weight is 308 g/mol. The van der Waals surface area contributed by atoms with Crippen LogP contribution >= 0.6 is 11.6 Å². The number of fused-ring (bicyclic) bond motifs is 1. The highest BCUT2D eigenvalue weighted by molar-refractivity contribution is 6.31. The Morgan fingerprint density at radius 3 is 2.95 bits per heavy atom. The van der Waals surface area contributed by atoms with Crippen molar-refractivity contribution in [2.75, 3.05) is 11.9 Å². The molecule has 6 heteroatoms. The highest BCUT2D eigenvalue weighted by Crippen LogP contribution is 2.26. The summed E-state index contributed by atoms with van der Waals surface area (Å²) in [5, 5.41) is 2.75. The SMILES string of the molecule is CC1c2cccn2CCN1C(=O)Nc1ccc(F)c(Cl)c1. The maximum absolute atomic E-state index is 13.1. The van der Waals surface area contributed by atoms with E-state index in [1.807, 2.05) is 25.3 Å². The van der Waals surface area contributed by atoms with Gasteiger partial charge in [0.15, 0.2) is 0 Å². The summed E-state index contributed by atoms with van der Waals surface area (Å²) in [6.45, 7) is 3.39. The van der Waals surface area contributed by atoms with Crippen LogP contribution < -0.4 is 5.32 Å². The lowest BCUT2D eigenvalue weighted by Gasteiger charge is -2.34. The monoisotopic (exact) mass is 307 g/mol. The minimum absolute atomic E-state index is 0.00614. The summed E-state index contributed by atoms with van der Waals surface area (Å²) in [4.78, 5) is 14.1. The van der Waals surface area contributed by atoms with Gasteiger partial charge in [0.2, 0.25) is 0 Å². The van der Waals surface area contributed by atoms with E-state index in [2.05, 4.69) is 9.88 Å². The number of aromatic nitrogens is 1. The largest absolute Gasteiger partial charge is 0.348 e. The molecule has 0 spiro atoms. The maximum atomic E-state index is 13.1. The van der Waals surface area contributed by atoms with E-state index in [1.54, 1.807) is 4.90 Å². The number of hydrogen-bond donors (Lipinski definition) is 1. The van der Waals surface area contributed by atoms with Gasteiger partial charge in [0.05, 0.1) is 11.1 Å². The summed E-state index contributed by atoms with van der Waals surface area (Å²) in [6, 6.07) is 7.92. The lowest BCUT2D eigenvalue weighted by atomic mass is 10.1. The minimum atomic E-state index is -0.501. The van der Waals surface area contributed by atoms with E-state index in [0.717, 1.165) is 12.2 Å². The van der Waals surface area contributed by atoms with Gasteiger partial charge in [-0.15, -0.1) is 0 Å². The fourth-order valence-electron chi connectivity index (χ4n) is 2.63. The average Bonchev–Trinajstić information content (AvgIpc) is 2.92. The Bertz CT molecular complexity index is 685. The summed E-state index contributed by atoms with van der Waals surface area (Å²) in [5.74, 6) is -0.501. The maximum Gasteiger partial charge on any atom is 0.322 e. The molecular weight excluding hydrogens is 293 g/mol. The number of carbonyl (C=O) groups is 1. The standard InChI is InChI=1S/C15H15ClFN3O/c1-10-14-3-2-6-19(14)7-8-20(10)15(21)18-11-4-5-13(17)12(16)9-11/h2-6,9-10H,7-8H2,1H3,(H,18,21). The molecule has 0 fully saturated rings. The number of nitrogens with one attached hydrogen (secondary N) is 1. The van der Waals surface area contributed by atoms with Crippen molar-refractivity contribution in [2.24, 2.45) is 0 Å². The summed E-state index contributed by atoms with van der Waals surface area (Å²) in [6.07, 6.45) is 2.01. The van der Waals surface area contributed by atoms with Crippen LogP contribution in [0.5, 0.6) is 0 Å². The van der Waals surface area contributed by atoms with Crippen molar-refractivity contribution in [1.29, 1.82) is 0 Å². The second kappa shape index (κ2) is 5.41. The van der Waals surface area contributed by atoms with Gasteiger partial charge >= 0.3 is 6.03 Å². The Labute approximate surface area is 127 Å². The zero-order chi connectivity index (χ0) is 15.0. The number of amides is 2. The van der Waals surface area contributed by atoms with Gasteiger partial charge in [0, 0.05) is 30.7 Å². The van der Waals surface area contributed by atoms with Gasteiger partial charge in [-0.1, -0.05) is 11.6 Å². The Kier molecular flexibility index (Phi) is 3.59. The summed E-state index contributed by atoms with van der Waals surface area (Å²) in [5.41, 5.74) is 1.59. The molecule has 1 aromatic carbocycles. The number of carbonyl (C=O) groups excluding carboxylic acids is 1. The minimum Gasteiger partial charge on any atom is -0.348 e. The van der Waals surface area contributed by atoms with Crippen molar-refractivity contribution in [1.82, 2.24) is 9.47 Å². The first-order chi connectivity index (χ1) is 10.1. The molecule has 0 bridgehead atoms. The molecule has 1 aliphatic heterocycles. The number of benzene rings is 1. The topological polar surface area (TPSA) is 37.3 Å². The summed E-state index contributed by atoms with van der Waals surface area (Å²) >= 11 is 5.72. The molecule has 1 aromatic heterocycles. The van der Waals surface area contributed by atoms with E-state index < -0.39 is 5.82 Å². The van der Waals surface area contributed by atoms with Gasteiger partial charge in [-0.05, 0) is 37.3 Å². The van der Waals surface area contributed by atoms with Crippen molar-refractivity contribution in [3.63, 3.8) is 0 Å². The molecule has 0 aliphatic carbocycles. The first-order valence-corrected chi connectivity index (χ1v) is 7.12. The zero-order valence-corrected chi connectivity index (χ0v) is 12.3. The molecule has 21 heavy (non-hydrogen) atoms. The molecule has 0 saturated carbocycles. The van der Waals surface area contributed by atoms with E-state index in [1.165, 1.54) is 18.2 Å². The van der Waals surface area contributed by atoms with Crippen LogP contribution in [0.4, 0.5) is 14.9 Å².